The van der Waals surface area contributed by atoms with Crippen LogP contribution in [0.3, 0.4) is 0 Å². The fourth-order valence-corrected chi connectivity index (χ4v) is 3.02. The van der Waals surface area contributed by atoms with Crippen LogP contribution in [-0.4, -0.2) is 16.0 Å². The van der Waals surface area contributed by atoms with Crippen molar-refractivity contribution in [3.63, 3.8) is 0 Å². The highest BCUT2D eigenvalue weighted by Gasteiger charge is 2.13. The molecule has 2 atom stereocenters. The number of rotatable bonds is 5. The van der Waals surface area contributed by atoms with Crippen LogP contribution in [0.5, 0.6) is 0 Å². The van der Waals surface area contributed by atoms with Crippen molar-refractivity contribution in [2.75, 3.05) is 5.75 Å². The van der Waals surface area contributed by atoms with E-state index in [-0.39, 0.29) is 11.5 Å². The van der Waals surface area contributed by atoms with Crippen molar-refractivity contribution < 1.29 is 4.21 Å². The average molecular weight is 267 g/mol. The zero-order valence-corrected chi connectivity index (χ0v) is 12.7. The molecule has 0 aliphatic rings. The number of hydrogen-bond acceptors (Lipinski definition) is 2. The Hall–Kier alpha value is -0.670. The van der Waals surface area contributed by atoms with Crippen LogP contribution in [0, 0.1) is 0 Å². The topological polar surface area (TPSA) is 43.1 Å². The molecule has 1 aromatic carbocycles. The maximum atomic E-state index is 11.9. The molecule has 0 heterocycles. The van der Waals surface area contributed by atoms with Gasteiger partial charge in [0.2, 0.25) is 0 Å². The molecule has 3 heteroatoms. The quantitative estimate of drug-likeness (QED) is 0.891. The summed E-state index contributed by atoms with van der Waals surface area (Å²) in [6.07, 6.45) is 0.826. The zero-order valence-electron chi connectivity index (χ0n) is 11.9. The molecular weight excluding hydrogens is 242 g/mol. The first-order valence-corrected chi connectivity index (χ1v) is 7.98. The van der Waals surface area contributed by atoms with Gasteiger partial charge < -0.3 is 5.73 Å². The van der Waals surface area contributed by atoms with Crippen molar-refractivity contribution in [1.29, 1.82) is 0 Å². The van der Waals surface area contributed by atoms with E-state index in [1.165, 1.54) is 5.56 Å². The predicted octanol–water partition coefficient (Wildman–Crippen LogP) is 2.97. The molecule has 0 aromatic heterocycles. The predicted molar refractivity (Wildman–Crippen MR) is 80.1 cm³/mol. The Balaban J connectivity index is 2.56. The minimum Gasteiger partial charge on any atom is -0.328 e. The third-order valence-corrected chi connectivity index (χ3v) is 4.29. The van der Waals surface area contributed by atoms with Crippen LogP contribution in [0.1, 0.15) is 45.2 Å². The van der Waals surface area contributed by atoms with Gasteiger partial charge in [0.25, 0.3) is 0 Å². The molecule has 0 saturated carbocycles. The average Bonchev–Trinajstić information content (AvgIpc) is 2.26. The molecule has 0 spiro atoms. The molecule has 2 N–H and O–H groups in total. The fraction of sp³-hybridized carbons (Fsp3) is 0.600. The number of hydrogen-bond donors (Lipinski definition) is 1. The van der Waals surface area contributed by atoms with E-state index in [1.807, 2.05) is 6.92 Å². The maximum absolute atomic E-state index is 11.9. The summed E-state index contributed by atoms with van der Waals surface area (Å²) in [6, 6.07) is 8.59. The number of benzene rings is 1. The second-order valence-corrected chi connectivity index (χ2v) is 7.58. The summed E-state index contributed by atoms with van der Waals surface area (Å²) < 4.78 is 11.9. The smallest absolute Gasteiger partial charge is 0.0485 e. The molecule has 2 unspecified atom stereocenters. The molecule has 1 aromatic rings. The van der Waals surface area contributed by atoms with E-state index < -0.39 is 10.8 Å². The van der Waals surface area contributed by atoms with Gasteiger partial charge in [-0.1, -0.05) is 45.0 Å². The van der Waals surface area contributed by atoms with Crippen LogP contribution in [-0.2, 0) is 22.0 Å². The first kappa shape index (κ1) is 15.4. The summed E-state index contributed by atoms with van der Waals surface area (Å²) in [5.74, 6) is 1.33. The summed E-state index contributed by atoms with van der Waals surface area (Å²) in [7, 11) is -0.799. The molecule has 102 valence electrons. The third kappa shape index (κ3) is 5.32. The zero-order chi connectivity index (χ0) is 13.8. The Bertz CT molecular complexity index is 390. The maximum Gasteiger partial charge on any atom is 0.0485 e. The van der Waals surface area contributed by atoms with Crippen molar-refractivity contribution in [2.45, 2.75) is 51.3 Å². The monoisotopic (exact) mass is 267 g/mol. The van der Waals surface area contributed by atoms with E-state index in [2.05, 4.69) is 45.0 Å². The SMILES string of the molecule is CC(N)CCS(=O)Cc1ccc(C(C)(C)C)cc1. The van der Waals surface area contributed by atoms with Gasteiger partial charge in [-0.3, -0.25) is 4.21 Å². The van der Waals surface area contributed by atoms with Gasteiger partial charge in [0.05, 0.1) is 0 Å². The van der Waals surface area contributed by atoms with Crippen molar-refractivity contribution in [1.82, 2.24) is 0 Å². The Morgan fingerprint density at radius 2 is 1.78 bits per heavy atom. The third-order valence-electron chi connectivity index (χ3n) is 2.95. The normalized spacial score (nSPS) is 15.4. The highest BCUT2D eigenvalue weighted by atomic mass is 32.2. The van der Waals surface area contributed by atoms with Crippen molar-refractivity contribution >= 4 is 10.8 Å². The van der Waals surface area contributed by atoms with Crippen LogP contribution in [0.2, 0.25) is 0 Å². The molecular formula is C15H25NOS. The van der Waals surface area contributed by atoms with Gasteiger partial charge in [0.15, 0.2) is 0 Å². The Morgan fingerprint density at radius 3 is 2.22 bits per heavy atom. The van der Waals surface area contributed by atoms with Gasteiger partial charge in [-0.05, 0) is 29.9 Å². The molecule has 0 radical (unpaired) electrons. The van der Waals surface area contributed by atoms with Crippen molar-refractivity contribution in [3.05, 3.63) is 35.4 Å². The van der Waals surface area contributed by atoms with Crippen molar-refractivity contribution in [2.24, 2.45) is 5.73 Å². The van der Waals surface area contributed by atoms with E-state index in [9.17, 15) is 4.21 Å². The lowest BCUT2D eigenvalue weighted by Crippen LogP contribution is -2.18. The summed E-state index contributed by atoms with van der Waals surface area (Å²) in [5.41, 5.74) is 8.30. The molecule has 1 rings (SSSR count). The van der Waals surface area contributed by atoms with E-state index in [0.29, 0.717) is 11.5 Å². The van der Waals surface area contributed by atoms with Gasteiger partial charge in [-0.15, -0.1) is 0 Å². The molecule has 2 nitrogen and oxygen atoms in total. The highest BCUT2D eigenvalue weighted by Crippen LogP contribution is 2.22. The van der Waals surface area contributed by atoms with E-state index in [4.69, 9.17) is 5.73 Å². The lowest BCUT2D eigenvalue weighted by atomic mass is 9.87. The van der Waals surface area contributed by atoms with Gasteiger partial charge in [-0.25, -0.2) is 0 Å². The van der Waals surface area contributed by atoms with E-state index in [0.717, 1.165) is 12.0 Å². The molecule has 0 saturated heterocycles. The van der Waals surface area contributed by atoms with E-state index >= 15 is 0 Å². The summed E-state index contributed by atoms with van der Waals surface area (Å²) in [6.45, 7) is 8.55. The molecule has 18 heavy (non-hydrogen) atoms. The highest BCUT2D eigenvalue weighted by molar-refractivity contribution is 7.84. The van der Waals surface area contributed by atoms with Crippen LogP contribution < -0.4 is 5.73 Å². The first-order chi connectivity index (χ1) is 8.29. The van der Waals surface area contributed by atoms with Gasteiger partial charge in [0, 0.05) is 28.3 Å². The van der Waals surface area contributed by atoms with E-state index in [1.54, 1.807) is 0 Å². The standard InChI is InChI=1S/C15H25NOS/c1-12(16)9-10-18(17)11-13-5-7-14(8-6-13)15(2,3)4/h5-8,12H,9-11,16H2,1-4H3. The minimum atomic E-state index is -0.799. The lowest BCUT2D eigenvalue weighted by Gasteiger charge is -2.19. The molecule has 0 aliphatic carbocycles. The second-order valence-electron chi connectivity index (χ2n) is 6.00. The molecule has 0 bridgehead atoms. The molecule has 0 aliphatic heterocycles. The van der Waals surface area contributed by atoms with Crippen LogP contribution in [0.4, 0.5) is 0 Å². The Kier molecular flexibility index (Phi) is 5.54. The van der Waals surface area contributed by atoms with Crippen LogP contribution in [0.25, 0.3) is 0 Å². The van der Waals surface area contributed by atoms with Crippen LogP contribution >= 0.6 is 0 Å². The Morgan fingerprint density at radius 1 is 1.22 bits per heavy atom. The summed E-state index contributed by atoms with van der Waals surface area (Å²) in [4.78, 5) is 0. The second kappa shape index (κ2) is 6.48. The molecule has 0 amide bonds. The van der Waals surface area contributed by atoms with Gasteiger partial charge in [0.1, 0.15) is 0 Å². The van der Waals surface area contributed by atoms with Gasteiger partial charge >= 0.3 is 0 Å². The van der Waals surface area contributed by atoms with Crippen LogP contribution in [0.15, 0.2) is 24.3 Å². The Labute approximate surface area is 113 Å². The van der Waals surface area contributed by atoms with Gasteiger partial charge in [-0.2, -0.15) is 0 Å². The summed E-state index contributed by atoms with van der Waals surface area (Å²) in [5, 5.41) is 0. The fourth-order valence-electron chi connectivity index (χ4n) is 1.68. The summed E-state index contributed by atoms with van der Waals surface area (Å²) >= 11 is 0. The number of nitrogens with two attached hydrogens (primary N) is 1. The minimum absolute atomic E-state index is 0.136. The molecule has 0 fully saturated rings. The first-order valence-electron chi connectivity index (χ1n) is 6.49. The largest absolute Gasteiger partial charge is 0.328 e. The van der Waals surface area contributed by atoms with Crippen molar-refractivity contribution in [3.8, 4) is 0 Å². The lowest BCUT2D eigenvalue weighted by molar-refractivity contribution is 0.590.